The summed E-state index contributed by atoms with van der Waals surface area (Å²) in [6, 6.07) is 1.36. The Kier molecular flexibility index (Phi) is 4.43. The van der Waals surface area contributed by atoms with Gasteiger partial charge in [0.25, 0.3) is 5.56 Å². The van der Waals surface area contributed by atoms with Crippen molar-refractivity contribution in [3.8, 4) is 0 Å². The van der Waals surface area contributed by atoms with E-state index < -0.39 is 0 Å². The largest absolute Gasteiger partial charge is 0.369 e. The molecule has 0 aromatic carbocycles. The second kappa shape index (κ2) is 6.35. The summed E-state index contributed by atoms with van der Waals surface area (Å²) in [6.07, 6.45) is 1.54. The van der Waals surface area contributed by atoms with Gasteiger partial charge in [-0.1, -0.05) is 11.8 Å². The fraction of sp³-hybridized carbons (Fsp3) is 0.600. The fourth-order valence-corrected chi connectivity index (χ4v) is 4.35. The summed E-state index contributed by atoms with van der Waals surface area (Å²) in [5.74, 6) is 0.302. The van der Waals surface area contributed by atoms with E-state index in [4.69, 9.17) is 5.73 Å². The first-order valence-corrected chi connectivity index (χ1v) is 8.74. The molecule has 2 aliphatic heterocycles. The van der Waals surface area contributed by atoms with Crippen LogP contribution in [0.3, 0.4) is 0 Å². The SMILES string of the molecule is Cc1cc(=O)n2c(n1)SC[C@@H]2CC(=O)N1CCC(C(N)=O)CC1. The van der Waals surface area contributed by atoms with Crippen molar-refractivity contribution in [3.05, 3.63) is 22.1 Å². The van der Waals surface area contributed by atoms with Crippen molar-refractivity contribution in [2.75, 3.05) is 18.8 Å². The van der Waals surface area contributed by atoms with E-state index in [0.29, 0.717) is 49.0 Å². The molecule has 3 heterocycles. The average molecular weight is 336 g/mol. The number of piperidine rings is 1. The Morgan fingerprint density at radius 1 is 1.39 bits per heavy atom. The smallest absolute Gasteiger partial charge is 0.254 e. The molecule has 0 aliphatic carbocycles. The summed E-state index contributed by atoms with van der Waals surface area (Å²) in [6.45, 7) is 2.91. The Morgan fingerprint density at radius 3 is 2.74 bits per heavy atom. The van der Waals surface area contributed by atoms with Gasteiger partial charge in [0.2, 0.25) is 11.8 Å². The Labute approximate surface area is 138 Å². The molecule has 1 saturated heterocycles. The highest BCUT2D eigenvalue weighted by Crippen LogP contribution is 2.32. The van der Waals surface area contributed by atoms with E-state index in [9.17, 15) is 14.4 Å². The van der Waals surface area contributed by atoms with E-state index in [1.807, 2.05) is 0 Å². The Bertz CT molecular complexity index is 694. The van der Waals surface area contributed by atoms with Crippen LogP contribution in [0.25, 0.3) is 0 Å². The van der Waals surface area contributed by atoms with Crippen LogP contribution in [0.4, 0.5) is 0 Å². The van der Waals surface area contributed by atoms with Gasteiger partial charge in [0.1, 0.15) is 0 Å². The lowest BCUT2D eigenvalue weighted by molar-refractivity contribution is -0.135. The summed E-state index contributed by atoms with van der Waals surface area (Å²) >= 11 is 1.52. The minimum Gasteiger partial charge on any atom is -0.369 e. The van der Waals surface area contributed by atoms with Gasteiger partial charge in [-0.2, -0.15) is 0 Å². The maximum atomic E-state index is 12.5. The summed E-state index contributed by atoms with van der Waals surface area (Å²) < 4.78 is 1.63. The highest BCUT2D eigenvalue weighted by atomic mass is 32.2. The first-order chi connectivity index (χ1) is 11.0. The molecular formula is C15H20N4O3S. The molecule has 0 radical (unpaired) electrons. The van der Waals surface area contributed by atoms with Crippen LogP contribution in [0.1, 0.15) is 31.0 Å². The van der Waals surface area contributed by atoms with Crippen molar-refractivity contribution >= 4 is 23.6 Å². The van der Waals surface area contributed by atoms with Gasteiger partial charge >= 0.3 is 0 Å². The lowest BCUT2D eigenvalue weighted by Crippen LogP contribution is -2.42. The van der Waals surface area contributed by atoms with Crippen LogP contribution in [-0.4, -0.2) is 45.1 Å². The van der Waals surface area contributed by atoms with Crippen LogP contribution in [0, 0.1) is 12.8 Å². The number of fused-ring (bicyclic) bond motifs is 1. The van der Waals surface area contributed by atoms with Crippen LogP contribution in [0.2, 0.25) is 0 Å². The topological polar surface area (TPSA) is 98.3 Å². The maximum Gasteiger partial charge on any atom is 0.254 e. The van der Waals surface area contributed by atoms with Crippen molar-refractivity contribution in [2.24, 2.45) is 11.7 Å². The number of carbonyl (C=O) groups is 2. The molecule has 0 saturated carbocycles. The Hall–Kier alpha value is -1.83. The lowest BCUT2D eigenvalue weighted by atomic mass is 9.96. The molecule has 7 nitrogen and oxygen atoms in total. The molecule has 1 fully saturated rings. The first-order valence-electron chi connectivity index (χ1n) is 7.76. The third-order valence-corrected chi connectivity index (χ3v) is 5.58. The number of rotatable bonds is 3. The van der Waals surface area contributed by atoms with E-state index >= 15 is 0 Å². The minimum absolute atomic E-state index is 0.0267. The molecule has 3 rings (SSSR count). The third kappa shape index (κ3) is 3.26. The zero-order valence-corrected chi connectivity index (χ0v) is 13.8. The number of likely N-dealkylation sites (tertiary alicyclic amines) is 1. The Morgan fingerprint density at radius 2 is 2.09 bits per heavy atom. The zero-order valence-electron chi connectivity index (χ0n) is 13.0. The molecule has 2 aliphatic rings. The van der Waals surface area contributed by atoms with Crippen LogP contribution in [0.5, 0.6) is 0 Å². The van der Waals surface area contributed by atoms with E-state index in [1.165, 1.54) is 17.8 Å². The van der Waals surface area contributed by atoms with Gasteiger partial charge in [-0.15, -0.1) is 0 Å². The van der Waals surface area contributed by atoms with Crippen LogP contribution < -0.4 is 11.3 Å². The molecule has 1 aromatic rings. The van der Waals surface area contributed by atoms with Gasteiger partial charge in [-0.25, -0.2) is 4.98 Å². The quantitative estimate of drug-likeness (QED) is 0.801. The molecule has 23 heavy (non-hydrogen) atoms. The molecule has 2 N–H and O–H groups in total. The fourth-order valence-electron chi connectivity index (χ4n) is 3.16. The van der Waals surface area contributed by atoms with Gasteiger partial charge in [-0.05, 0) is 19.8 Å². The molecule has 8 heteroatoms. The van der Waals surface area contributed by atoms with E-state index in [1.54, 1.807) is 16.4 Å². The number of aromatic nitrogens is 2. The molecule has 1 aromatic heterocycles. The predicted molar refractivity (Wildman–Crippen MR) is 86.1 cm³/mol. The second-order valence-electron chi connectivity index (χ2n) is 6.11. The standard InChI is InChI=1S/C15H20N4O3S/c1-9-6-13(21)19-11(8-23-15(19)17-9)7-12(20)18-4-2-10(3-5-18)14(16)22/h6,10-11H,2-5,7-8H2,1H3,(H2,16,22)/t11-/m0/s1. The molecule has 2 amide bonds. The van der Waals surface area contributed by atoms with Crippen molar-refractivity contribution in [3.63, 3.8) is 0 Å². The minimum atomic E-state index is -0.286. The number of hydrogen-bond donors (Lipinski definition) is 1. The van der Waals surface area contributed by atoms with Crippen molar-refractivity contribution < 1.29 is 9.59 Å². The zero-order chi connectivity index (χ0) is 16.6. The monoisotopic (exact) mass is 336 g/mol. The summed E-state index contributed by atoms with van der Waals surface area (Å²) in [5, 5.41) is 0.695. The van der Waals surface area contributed by atoms with Gasteiger partial charge in [0.05, 0.1) is 6.04 Å². The van der Waals surface area contributed by atoms with Gasteiger partial charge in [0.15, 0.2) is 5.16 Å². The molecule has 0 unspecified atom stereocenters. The maximum absolute atomic E-state index is 12.5. The van der Waals surface area contributed by atoms with Gasteiger partial charge in [0, 0.05) is 42.9 Å². The number of carbonyl (C=O) groups excluding carboxylic acids is 2. The second-order valence-corrected chi connectivity index (χ2v) is 7.10. The predicted octanol–water partition coefficient (Wildman–Crippen LogP) is 0.313. The van der Waals surface area contributed by atoms with Crippen molar-refractivity contribution in [1.82, 2.24) is 14.5 Å². The summed E-state index contributed by atoms with van der Waals surface area (Å²) in [5.41, 5.74) is 5.92. The Balaban J connectivity index is 1.65. The van der Waals surface area contributed by atoms with Crippen LogP contribution in [-0.2, 0) is 9.59 Å². The lowest BCUT2D eigenvalue weighted by Gasteiger charge is -2.31. The summed E-state index contributed by atoms with van der Waals surface area (Å²) in [4.78, 5) is 42.0. The number of nitrogens with zero attached hydrogens (tertiary/aromatic N) is 3. The molecular weight excluding hydrogens is 316 g/mol. The molecule has 124 valence electrons. The van der Waals surface area contributed by atoms with Gasteiger partial charge in [-0.3, -0.25) is 19.0 Å². The van der Waals surface area contributed by atoms with Crippen LogP contribution in [0.15, 0.2) is 16.0 Å². The molecule has 0 bridgehead atoms. The number of hydrogen-bond acceptors (Lipinski definition) is 5. The van der Waals surface area contributed by atoms with E-state index in [2.05, 4.69) is 4.98 Å². The van der Waals surface area contributed by atoms with Crippen molar-refractivity contribution in [2.45, 2.75) is 37.4 Å². The third-order valence-electron chi connectivity index (χ3n) is 4.48. The highest BCUT2D eigenvalue weighted by molar-refractivity contribution is 7.99. The first kappa shape index (κ1) is 16.0. The van der Waals surface area contributed by atoms with E-state index in [-0.39, 0.29) is 29.3 Å². The highest BCUT2D eigenvalue weighted by Gasteiger charge is 2.31. The number of thioether (sulfide) groups is 1. The number of aryl methyl sites for hydroxylation is 1. The van der Waals surface area contributed by atoms with Crippen molar-refractivity contribution in [1.29, 1.82) is 0 Å². The average Bonchev–Trinajstić information content (AvgIpc) is 2.90. The number of primary amides is 1. The molecule has 1 atom stereocenters. The van der Waals surface area contributed by atoms with Crippen LogP contribution >= 0.6 is 11.8 Å². The summed E-state index contributed by atoms with van der Waals surface area (Å²) in [7, 11) is 0. The number of amides is 2. The number of nitrogens with two attached hydrogens (primary N) is 1. The van der Waals surface area contributed by atoms with E-state index in [0.717, 1.165) is 0 Å². The normalized spacial score (nSPS) is 21.3. The molecule has 0 spiro atoms. The van der Waals surface area contributed by atoms with Gasteiger partial charge < -0.3 is 10.6 Å².